The quantitative estimate of drug-likeness (QED) is 0.774. The van der Waals surface area contributed by atoms with Gasteiger partial charge in [-0.3, -0.25) is 9.36 Å². The largest absolute Gasteiger partial charge is 0.311 e. The Hall–Kier alpha value is -1.91. The Bertz CT molecular complexity index is 513. The Morgan fingerprint density at radius 2 is 2.12 bits per heavy atom. The van der Waals surface area contributed by atoms with E-state index in [4.69, 9.17) is 0 Å². The lowest BCUT2D eigenvalue weighted by Crippen LogP contribution is -2.26. The van der Waals surface area contributed by atoms with E-state index in [0.717, 1.165) is 0 Å². The minimum atomic E-state index is -0.0887. The van der Waals surface area contributed by atoms with Gasteiger partial charge in [0.2, 0.25) is 5.82 Å². The minimum Gasteiger partial charge on any atom is -0.311 e. The van der Waals surface area contributed by atoms with E-state index in [1.54, 1.807) is 40.2 Å². The van der Waals surface area contributed by atoms with Crippen LogP contribution < -0.4 is 5.56 Å². The molecule has 0 atom stereocenters. The fourth-order valence-electron chi connectivity index (χ4n) is 1.53. The van der Waals surface area contributed by atoms with E-state index in [1.807, 2.05) is 0 Å². The molecule has 0 aliphatic carbocycles. The van der Waals surface area contributed by atoms with Crippen LogP contribution in [0.1, 0.15) is 13.8 Å². The molecule has 0 unspecified atom stereocenters. The van der Waals surface area contributed by atoms with Gasteiger partial charge in [-0.05, 0) is 5.92 Å². The molecule has 2 aromatic rings. The number of nitrogens with zero attached hydrogens (tertiary/aromatic N) is 4. The SMILES string of the molecule is CC(C)Cn1ccnc(-n2ccnc2)c1=O. The maximum absolute atomic E-state index is 12.1. The molecule has 5 heteroatoms. The first-order chi connectivity index (χ1) is 7.68. The van der Waals surface area contributed by atoms with E-state index in [9.17, 15) is 4.79 Å². The van der Waals surface area contributed by atoms with Crippen LogP contribution in [0.25, 0.3) is 5.82 Å². The second kappa shape index (κ2) is 4.30. The summed E-state index contributed by atoms with van der Waals surface area (Å²) in [6.07, 6.45) is 8.26. The van der Waals surface area contributed by atoms with Gasteiger partial charge in [0.15, 0.2) is 0 Å². The summed E-state index contributed by atoms with van der Waals surface area (Å²) in [7, 11) is 0. The smallest absolute Gasteiger partial charge is 0.294 e. The van der Waals surface area contributed by atoms with Gasteiger partial charge in [-0.25, -0.2) is 9.97 Å². The number of hydrogen-bond acceptors (Lipinski definition) is 3. The fraction of sp³-hybridized carbons (Fsp3) is 0.364. The Morgan fingerprint density at radius 1 is 1.31 bits per heavy atom. The molecule has 0 amide bonds. The van der Waals surface area contributed by atoms with Gasteiger partial charge in [0.25, 0.3) is 5.56 Å². The van der Waals surface area contributed by atoms with Gasteiger partial charge in [-0.1, -0.05) is 13.8 Å². The van der Waals surface area contributed by atoms with Crippen molar-refractivity contribution in [2.75, 3.05) is 0 Å². The molecule has 5 nitrogen and oxygen atoms in total. The molecule has 0 aliphatic rings. The molecule has 0 aliphatic heterocycles. The van der Waals surface area contributed by atoms with Gasteiger partial charge in [0.1, 0.15) is 6.33 Å². The first kappa shape index (κ1) is 10.6. The number of rotatable bonds is 3. The van der Waals surface area contributed by atoms with Crippen molar-refractivity contribution in [3.63, 3.8) is 0 Å². The standard InChI is InChI=1S/C11H14N4O/c1-9(2)7-14-6-4-13-10(11(14)16)15-5-3-12-8-15/h3-6,8-9H,7H2,1-2H3. The first-order valence-electron chi connectivity index (χ1n) is 5.22. The van der Waals surface area contributed by atoms with Crippen LogP contribution in [0.2, 0.25) is 0 Å². The molecule has 2 heterocycles. The van der Waals surface area contributed by atoms with Gasteiger partial charge in [-0.15, -0.1) is 0 Å². The Morgan fingerprint density at radius 3 is 2.75 bits per heavy atom. The summed E-state index contributed by atoms with van der Waals surface area (Å²) >= 11 is 0. The van der Waals surface area contributed by atoms with Gasteiger partial charge in [0.05, 0.1) is 0 Å². The monoisotopic (exact) mass is 218 g/mol. The van der Waals surface area contributed by atoms with Crippen molar-refractivity contribution in [3.8, 4) is 5.82 Å². The number of hydrogen-bond donors (Lipinski definition) is 0. The van der Waals surface area contributed by atoms with Crippen molar-refractivity contribution >= 4 is 0 Å². The highest BCUT2D eigenvalue weighted by atomic mass is 16.1. The molecule has 0 saturated carbocycles. The average Bonchev–Trinajstić information content (AvgIpc) is 2.73. The Kier molecular flexibility index (Phi) is 2.85. The molecule has 0 saturated heterocycles. The van der Waals surface area contributed by atoms with E-state index < -0.39 is 0 Å². The van der Waals surface area contributed by atoms with E-state index >= 15 is 0 Å². The van der Waals surface area contributed by atoms with E-state index in [1.165, 1.54) is 0 Å². The summed E-state index contributed by atoms with van der Waals surface area (Å²) in [6, 6.07) is 0. The third kappa shape index (κ3) is 2.03. The summed E-state index contributed by atoms with van der Waals surface area (Å²) in [5.41, 5.74) is -0.0887. The molecule has 0 aromatic carbocycles. The third-order valence-electron chi connectivity index (χ3n) is 2.21. The molecular formula is C11H14N4O. The normalized spacial score (nSPS) is 10.9. The highest BCUT2D eigenvalue weighted by Crippen LogP contribution is 1.99. The Labute approximate surface area is 93.4 Å². The van der Waals surface area contributed by atoms with Crippen LogP contribution in [0.4, 0.5) is 0 Å². The summed E-state index contributed by atoms with van der Waals surface area (Å²) in [5, 5.41) is 0. The molecule has 16 heavy (non-hydrogen) atoms. The van der Waals surface area contributed by atoms with Crippen molar-refractivity contribution in [2.45, 2.75) is 20.4 Å². The molecule has 0 fully saturated rings. The van der Waals surface area contributed by atoms with Gasteiger partial charge >= 0.3 is 0 Å². The van der Waals surface area contributed by atoms with E-state index in [-0.39, 0.29) is 5.56 Å². The lowest BCUT2D eigenvalue weighted by molar-refractivity contribution is 0.507. The van der Waals surface area contributed by atoms with Crippen LogP contribution in [-0.2, 0) is 6.54 Å². The molecule has 0 N–H and O–H groups in total. The number of imidazole rings is 1. The third-order valence-corrected chi connectivity index (χ3v) is 2.21. The van der Waals surface area contributed by atoms with E-state index in [0.29, 0.717) is 18.3 Å². The predicted molar refractivity (Wildman–Crippen MR) is 60.5 cm³/mol. The molecule has 2 rings (SSSR count). The highest BCUT2D eigenvalue weighted by molar-refractivity contribution is 5.17. The molecule has 0 bridgehead atoms. The highest BCUT2D eigenvalue weighted by Gasteiger charge is 2.07. The number of aromatic nitrogens is 4. The topological polar surface area (TPSA) is 52.7 Å². The van der Waals surface area contributed by atoms with Crippen molar-refractivity contribution in [3.05, 3.63) is 41.5 Å². The van der Waals surface area contributed by atoms with Crippen LogP contribution in [0.5, 0.6) is 0 Å². The maximum Gasteiger partial charge on any atom is 0.294 e. The maximum atomic E-state index is 12.1. The average molecular weight is 218 g/mol. The lowest BCUT2D eigenvalue weighted by atomic mass is 10.2. The predicted octanol–water partition coefficient (Wildman–Crippen LogP) is 1.08. The molecule has 2 aromatic heterocycles. The minimum absolute atomic E-state index is 0.0887. The van der Waals surface area contributed by atoms with Crippen LogP contribution in [-0.4, -0.2) is 19.1 Å². The van der Waals surface area contributed by atoms with Gasteiger partial charge < -0.3 is 4.57 Å². The van der Waals surface area contributed by atoms with E-state index in [2.05, 4.69) is 23.8 Å². The summed E-state index contributed by atoms with van der Waals surface area (Å²) < 4.78 is 3.30. The van der Waals surface area contributed by atoms with Crippen LogP contribution in [0, 0.1) is 5.92 Å². The van der Waals surface area contributed by atoms with Crippen LogP contribution in [0.3, 0.4) is 0 Å². The fourth-order valence-corrected chi connectivity index (χ4v) is 1.53. The summed E-state index contributed by atoms with van der Waals surface area (Å²) in [4.78, 5) is 20.0. The summed E-state index contributed by atoms with van der Waals surface area (Å²) in [5.74, 6) is 0.816. The Balaban J connectivity index is 2.45. The molecule has 84 valence electrons. The second-order valence-electron chi connectivity index (χ2n) is 4.07. The molecule has 0 spiro atoms. The second-order valence-corrected chi connectivity index (χ2v) is 4.07. The van der Waals surface area contributed by atoms with Crippen LogP contribution >= 0.6 is 0 Å². The zero-order chi connectivity index (χ0) is 11.5. The van der Waals surface area contributed by atoms with Crippen molar-refractivity contribution in [2.24, 2.45) is 5.92 Å². The van der Waals surface area contributed by atoms with Gasteiger partial charge in [0, 0.05) is 31.3 Å². The van der Waals surface area contributed by atoms with Gasteiger partial charge in [-0.2, -0.15) is 0 Å². The van der Waals surface area contributed by atoms with Crippen molar-refractivity contribution in [1.82, 2.24) is 19.1 Å². The molecular weight excluding hydrogens is 204 g/mol. The molecule has 0 radical (unpaired) electrons. The van der Waals surface area contributed by atoms with Crippen LogP contribution in [0.15, 0.2) is 35.9 Å². The lowest BCUT2D eigenvalue weighted by Gasteiger charge is -2.09. The van der Waals surface area contributed by atoms with Crippen molar-refractivity contribution in [1.29, 1.82) is 0 Å². The zero-order valence-electron chi connectivity index (χ0n) is 9.37. The summed E-state index contributed by atoms with van der Waals surface area (Å²) in [6.45, 7) is 4.84. The van der Waals surface area contributed by atoms with Crippen molar-refractivity contribution < 1.29 is 0 Å². The zero-order valence-corrected chi connectivity index (χ0v) is 9.37. The first-order valence-corrected chi connectivity index (χ1v) is 5.22.